The second-order valence-electron chi connectivity index (χ2n) is 9.38. The van der Waals surface area contributed by atoms with E-state index >= 15 is 0 Å². The van der Waals surface area contributed by atoms with Crippen molar-refractivity contribution >= 4 is 0 Å². The van der Waals surface area contributed by atoms with Gasteiger partial charge in [0.05, 0.1) is 0 Å². The highest BCUT2D eigenvalue weighted by molar-refractivity contribution is 5.10. The van der Waals surface area contributed by atoms with Gasteiger partial charge in [-0.1, -0.05) is 20.8 Å². The zero-order valence-electron chi connectivity index (χ0n) is 14.6. The van der Waals surface area contributed by atoms with E-state index in [1.165, 1.54) is 57.9 Å². The predicted molar refractivity (Wildman–Crippen MR) is 90.5 cm³/mol. The van der Waals surface area contributed by atoms with E-state index < -0.39 is 0 Å². The Hall–Kier alpha value is -0.0800. The SMILES string of the molecule is CCCNCCNCCC12CC3CC(C)(CC(C)(C3)C1)C2. The van der Waals surface area contributed by atoms with Crippen LogP contribution in [0.4, 0.5) is 0 Å². The van der Waals surface area contributed by atoms with Crippen LogP contribution in [0.25, 0.3) is 0 Å². The lowest BCUT2D eigenvalue weighted by Crippen LogP contribution is -2.55. The van der Waals surface area contributed by atoms with Crippen molar-refractivity contribution in [2.24, 2.45) is 22.2 Å². The molecule has 4 saturated carbocycles. The maximum absolute atomic E-state index is 3.68. The van der Waals surface area contributed by atoms with E-state index in [0.717, 1.165) is 25.6 Å². The lowest BCUT2D eigenvalue weighted by Gasteiger charge is -2.65. The smallest absolute Gasteiger partial charge is 0.00767 e. The van der Waals surface area contributed by atoms with Gasteiger partial charge in [0.2, 0.25) is 0 Å². The topological polar surface area (TPSA) is 24.1 Å². The average molecular weight is 293 g/mol. The van der Waals surface area contributed by atoms with E-state index in [0.29, 0.717) is 16.2 Å². The Balaban J connectivity index is 1.47. The molecule has 0 heterocycles. The van der Waals surface area contributed by atoms with Gasteiger partial charge in [-0.05, 0) is 86.6 Å². The van der Waals surface area contributed by atoms with Crippen LogP contribution in [0, 0.1) is 22.2 Å². The fourth-order valence-electron chi connectivity index (χ4n) is 6.92. The highest BCUT2D eigenvalue weighted by Gasteiger charge is 2.59. The molecule has 0 radical (unpaired) electrons. The maximum Gasteiger partial charge on any atom is 0.00767 e. The Morgan fingerprint density at radius 2 is 1.43 bits per heavy atom. The van der Waals surface area contributed by atoms with Crippen molar-refractivity contribution in [3.63, 3.8) is 0 Å². The Morgan fingerprint density at radius 3 is 2.00 bits per heavy atom. The van der Waals surface area contributed by atoms with Crippen molar-refractivity contribution in [1.29, 1.82) is 0 Å². The van der Waals surface area contributed by atoms with Crippen molar-refractivity contribution in [1.82, 2.24) is 10.6 Å². The van der Waals surface area contributed by atoms with Gasteiger partial charge < -0.3 is 10.6 Å². The molecule has 21 heavy (non-hydrogen) atoms. The summed E-state index contributed by atoms with van der Waals surface area (Å²) in [4.78, 5) is 0. The summed E-state index contributed by atoms with van der Waals surface area (Å²) in [6, 6.07) is 0. The summed E-state index contributed by atoms with van der Waals surface area (Å²) in [5.41, 5.74) is 2.04. The van der Waals surface area contributed by atoms with Crippen molar-refractivity contribution in [3.05, 3.63) is 0 Å². The Kier molecular flexibility index (Phi) is 4.40. The number of hydrogen-bond acceptors (Lipinski definition) is 2. The second kappa shape index (κ2) is 5.85. The van der Waals surface area contributed by atoms with Crippen LogP contribution in [-0.4, -0.2) is 26.2 Å². The van der Waals surface area contributed by atoms with Gasteiger partial charge in [0.25, 0.3) is 0 Å². The molecule has 0 amide bonds. The lowest BCUT2D eigenvalue weighted by atomic mass is 9.40. The molecule has 4 bridgehead atoms. The molecule has 2 nitrogen and oxygen atoms in total. The summed E-state index contributed by atoms with van der Waals surface area (Å²) in [6.07, 6.45) is 11.8. The van der Waals surface area contributed by atoms with Crippen molar-refractivity contribution < 1.29 is 0 Å². The van der Waals surface area contributed by atoms with Gasteiger partial charge in [0.1, 0.15) is 0 Å². The van der Waals surface area contributed by atoms with Gasteiger partial charge in [-0.25, -0.2) is 0 Å². The minimum absolute atomic E-state index is 0.677. The van der Waals surface area contributed by atoms with Crippen molar-refractivity contribution in [2.75, 3.05) is 26.2 Å². The first-order valence-electron chi connectivity index (χ1n) is 9.38. The summed E-state index contributed by atoms with van der Waals surface area (Å²) >= 11 is 0. The molecular weight excluding hydrogens is 256 g/mol. The first kappa shape index (κ1) is 15.8. The summed E-state index contributed by atoms with van der Waals surface area (Å²) in [7, 11) is 0. The van der Waals surface area contributed by atoms with Gasteiger partial charge in [-0.3, -0.25) is 0 Å². The largest absolute Gasteiger partial charge is 0.315 e. The molecule has 2 atom stereocenters. The third kappa shape index (κ3) is 3.47. The molecule has 122 valence electrons. The minimum atomic E-state index is 0.677. The van der Waals surface area contributed by atoms with Crippen LogP contribution in [0.1, 0.15) is 72.1 Å². The fraction of sp³-hybridized carbons (Fsp3) is 1.00. The zero-order chi connectivity index (χ0) is 15.0. The number of hydrogen-bond donors (Lipinski definition) is 2. The van der Waals surface area contributed by atoms with Crippen LogP contribution in [0.15, 0.2) is 0 Å². The fourth-order valence-corrected chi connectivity index (χ4v) is 6.92. The van der Waals surface area contributed by atoms with Gasteiger partial charge >= 0.3 is 0 Å². The minimum Gasteiger partial charge on any atom is -0.315 e. The third-order valence-electron chi connectivity index (χ3n) is 6.48. The van der Waals surface area contributed by atoms with E-state index in [-0.39, 0.29) is 0 Å². The Morgan fingerprint density at radius 1 is 0.810 bits per heavy atom. The van der Waals surface area contributed by atoms with E-state index in [4.69, 9.17) is 0 Å². The monoisotopic (exact) mass is 292 g/mol. The first-order chi connectivity index (χ1) is 9.97. The molecule has 4 aliphatic carbocycles. The lowest BCUT2D eigenvalue weighted by molar-refractivity contribution is -0.147. The van der Waals surface area contributed by atoms with Gasteiger partial charge in [-0.15, -0.1) is 0 Å². The van der Waals surface area contributed by atoms with Crippen LogP contribution in [0.5, 0.6) is 0 Å². The van der Waals surface area contributed by atoms with E-state index in [1.807, 2.05) is 0 Å². The van der Waals surface area contributed by atoms with Crippen LogP contribution in [0.2, 0.25) is 0 Å². The maximum atomic E-state index is 3.68. The van der Waals surface area contributed by atoms with Crippen LogP contribution in [0.3, 0.4) is 0 Å². The molecular formula is C19H36N2. The molecule has 4 fully saturated rings. The predicted octanol–water partition coefficient (Wildman–Crippen LogP) is 3.96. The highest BCUT2D eigenvalue weighted by Crippen LogP contribution is 2.70. The molecule has 4 rings (SSSR count). The molecule has 0 spiro atoms. The van der Waals surface area contributed by atoms with Crippen molar-refractivity contribution in [3.8, 4) is 0 Å². The standard InChI is InChI=1S/C19H36N2/c1-4-6-20-8-9-21-7-5-19-12-16-10-17(2,14-19)13-18(3,11-16)15-19/h16,20-21H,4-15H2,1-3H3. The van der Waals surface area contributed by atoms with Crippen LogP contribution in [-0.2, 0) is 0 Å². The summed E-state index contributed by atoms with van der Waals surface area (Å²) < 4.78 is 0. The number of rotatable bonds is 8. The van der Waals surface area contributed by atoms with Gasteiger partial charge in [0.15, 0.2) is 0 Å². The van der Waals surface area contributed by atoms with E-state index in [9.17, 15) is 0 Å². The molecule has 2 N–H and O–H groups in total. The van der Waals surface area contributed by atoms with Crippen molar-refractivity contribution in [2.45, 2.75) is 72.1 Å². The highest BCUT2D eigenvalue weighted by atomic mass is 14.9. The van der Waals surface area contributed by atoms with Gasteiger partial charge in [-0.2, -0.15) is 0 Å². The molecule has 0 aromatic heterocycles. The van der Waals surface area contributed by atoms with Crippen LogP contribution >= 0.6 is 0 Å². The van der Waals surface area contributed by atoms with Crippen LogP contribution < -0.4 is 10.6 Å². The summed E-state index contributed by atoms with van der Waals surface area (Å²) in [6.45, 7) is 12.1. The molecule has 0 aliphatic heterocycles. The molecule has 4 aliphatic rings. The third-order valence-corrected chi connectivity index (χ3v) is 6.48. The van der Waals surface area contributed by atoms with Gasteiger partial charge in [0, 0.05) is 13.1 Å². The Labute approximate surface area is 131 Å². The Bertz CT molecular complexity index is 347. The normalized spacial score (nSPS) is 44.4. The number of nitrogens with one attached hydrogen (secondary N) is 2. The second-order valence-corrected chi connectivity index (χ2v) is 9.38. The molecule has 0 aromatic carbocycles. The zero-order valence-corrected chi connectivity index (χ0v) is 14.6. The van der Waals surface area contributed by atoms with E-state index in [2.05, 4.69) is 31.4 Å². The molecule has 0 aromatic rings. The molecule has 2 heteroatoms. The van der Waals surface area contributed by atoms with E-state index in [1.54, 1.807) is 0 Å². The molecule has 0 saturated heterocycles. The quantitative estimate of drug-likeness (QED) is 0.662. The first-order valence-corrected chi connectivity index (χ1v) is 9.38. The summed E-state index contributed by atoms with van der Waals surface area (Å²) in [5.74, 6) is 1.04. The average Bonchev–Trinajstić information content (AvgIpc) is 2.33. The molecule has 2 unspecified atom stereocenters. The summed E-state index contributed by atoms with van der Waals surface area (Å²) in [5, 5.41) is 7.16.